The molecule has 1 N–H and O–H groups in total. The lowest BCUT2D eigenvalue weighted by molar-refractivity contribution is -0.135. The Morgan fingerprint density at radius 2 is 2.20 bits per heavy atom. The smallest absolute Gasteiger partial charge is 0.323 e. The predicted octanol–water partition coefficient (Wildman–Crippen LogP) is 2.80. The number of aromatic nitrogens is 2. The van der Waals surface area contributed by atoms with Crippen LogP contribution in [0.5, 0.6) is 0 Å². The van der Waals surface area contributed by atoms with Gasteiger partial charge in [-0.25, -0.2) is 9.97 Å². The van der Waals surface area contributed by atoms with Crippen LogP contribution in [0.25, 0.3) is 10.2 Å². The van der Waals surface area contributed by atoms with Crippen molar-refractivity contribution in [2.24, 2.45) is 5.92 Å². The Morgan fingerprint density at radius 3 is 2.80 bits per heavy atom. The van der Waals surface area contributed by atoms with Gasteiger partial charge in [-0.3, -0.25) is 4.79 Å². The summed E-state index contributed by atoms with van der Waals surface area (Å²) in [6.07, 6.45) is 2.46. The first kappa shape index (κ1) is 14.7. The molecule has 0 fully saturated rings. The van der Waals surface area contributed by atoms with Crippen LogP contribution in [-0.4, -0.2) is 34.1 Å². The van der Waals surface area contributed by atoms with Crippen molar-refractivity contribution in [3.05, 3.63) is 17.3 Å². The highest BCUT2D eigenvalue weighted by atomic mass is 32.1. The molecule has 2 heterocycles. The van der Waals surface area contributed by atoms with Gasteiger partial charge in [0.2, 0.25) is 0 Å². The molecule has 0 spiro atoms. The summed E-state index contributed by atoms with van der Waals surface area (Å²) in [7, 11) is 0. The Morgan fingerprint density at radius 1 is 1.45 bits per heavy atom. The maximum absolute atomic E-state index is 11.1. The Kier molecular flexibility index (Phi) is 4.54. The molecule has 0 aliphatic carbocycles. The monoisotopic (exact) mass is 293 g/mol. The molecule has 2 aromatic rings. The standard InChI is InChI=1S/C14H19N3O2S/c1-4-10-5-11-13(15-8-16-14(11)20-10)17(6-9(2)3)7-12(18)19/h5,8-9H,4,6-7H2,1-3H3,(H,18,19). The quantitative estimate of drug-likeness (QED) is 0.887. The van der Waals surface area contributed by atoms with Crippen LogP contribution in [0.3, 0.4) is 0 Å². The predicted molar refractivity (Wildman–Crippen MR) is 81.5 cm³/mol. The van der Waals surface area contributed by atoms with Crippen molar-refractivity contribution in [2.75, 3.05) is 18.0 Å². The number of nitrogens with zero attached hydrogens (tertiary/aromatic N) is 3. The van der Waals surface area contributed by atoms with E-state index in [4.69, 9.17) is 5.11 Å². The number of hydrogen-bond acceptors (Lipinski definition) is 5. The third-order valence-corrected chi connectivity index (χ3v) is 4.11. The van der Waals surface area contributed by atoms with Gasteiger partial charge in [-0.15, -0.1) is 11.3 Å². The van der Waals surface area contributed by atoms with Crippen LogP contribution >= 0.6 is 11.3 Å². The van der Waals surface area contributed by atoms with Crippen molar-refractivity contribution in [2.45, 2.75) is 27.2 Å². The van der Waals surface area contributed by atoms with Gasteiger partial charge >= 0.3 is 5.97 Å². The minimum absolute atomic E-state index is 0.0401. The number of fused-ring (bicyclic) bond motifs is 1. The molecule has 0 unspecified atom stereocenters. The lowest BCUT2D eigenvalue weighted by Gasteiger charge is -2.24. The van der Waals surface area contributed by atoms with E-state index in [2.05, 4.69) is 36.8 Å². The molecule has 6 heteroatoms. The fraction of sp³-hybridized carbons (Fsp3) is 0.500. The van der Waals surface area contributed by atoms with Crippen LogP contribution in [0.4, 0.5) is 5.82 Å². The van der Waals surface area contributed by atoms with Crippen LogP contribution in [-0.2, 0) is 11.2 Å². The van der Waals surface area contributed by atoms with Gasteiger partial charge in [0.05, 0.1) is 5.39 Å². The van der Waals surface area contributed by atoms with Crippen LogP contribution in [0.15, 0.2) is 12.4 Å². The first-order chi connectivity index (χ1) is 9.51. The fourth-order valence-corrected chi connectivity index (χ4v) is 3.08. The van der Waals surface area contributed by atoms with Crippen molar-refractivity contribution >= 4 is 33.3 Å². The van der Waals surface area contributed by atoms with Gasteiger partial charge in [0.1, 0.15) is 23.5 Å². The van der Waals surface area contributed by atoms with E-state index in [-0.39, 0.29) is 6.54 Å². The molecule has 0 saturated carbocycles. The maximum atomic E-state index is 11.1. The molecular weight excluding hydrogens is 274 g/mol. The third-order valence-electron chi connectivity index (χ3n) is 2.92. The van der Waals surface area contributed by atoms with Crippen molar-refractivity contribution in [3.63, 3.8) is 0 Å². The number of aliphatic carboxylic acids is 1. The number of carboxylic acids is 1. The van der Waals surface area contributed by atoms with Crippen molar-refractivity contribution in [3.8, 4) is 0 Å². The van der Waals surface area contributed by atoms with E-state index >= 15 is 0 Å². The molecule has 0 aromatic carbocycles. The molecule has 0 aliphatic heterocycles. The van der Waals surface area contributed by atoms with Crippen molar-refractivity contribution in [1.29, 1.82) is 0 Å². The highest BCUT2D eigenvalue weighted by Gasteiger charge is 2.18. The van der Waals surface area contributed by atoms with E-state index in [1.54, 1.807) is 11.3 Å². The number of rotatable bonds is 6. The van der Waals surface area contributed by atoms with Gasteiger partial charge in [-0.1, -0.05) is 20.8 Å². The van der Waals surface area contributed by atoms with E-state index < -0.39 is 5.97 Å². The summed E-state index contributed by atoms with van der Waals surface area (Å²) in [5.41, 5.74) is 0. The molecule has 0 radical (unpaired) electrons. The second-order valence-electron chi connectivity index (χ2n) is 5.15. The highest BCUT2D eigenvalue weighted by molar-refractivity contribution is 7.18. The van der Waals surface area contributed by atoms with Gasteiger partial charge in [0, 0.05) is 11.4 Å². The zero-order chi connectivity index (χ0) is 14.7. The number of thiophene rings is 1. The minimum atomic E-state index is -0.844. The van der Waals surface area contributed by atoms with E-state index in [1.807, 2.05) is 4.90 Å². The molecule has 0 bridgehead atoms. The molecule has 20 heavy (non-hydrogen) atoms. The zero-order valence-corrected chi connectivity index (χ0v) is 12.8. The molecule has 108 valence electrons. The average Bonchev–Trinajstić information content (AvgIpc) is 2.79. The topological polar surface area (TPSA) is 66.3 Å². The first-order valence-corrected chi connectivity index (χ1v) is 7.53. The van der Waals surface area contributed by atoms with Gasteiger partial charge in [0.25, 0.3) is 0 Å². The summed E-state index contributed by atoms with van der Waals surface area (Å²) in [5, 5.41) is 10.1. The molecule has 2 aromatic heterocycles. The second kappa shape index (κ2) is 6.17. The Hall–Kier alpha value is -1.69. The lowest BCUT2D eigenvalue weighted by atomic mass is 10.2. The van der Waals surface area contributed by atoms with E-state index in [0.717, 1.165) is 22.5 Å². The molecule has 0 amide bonds. The molecular formula is C14H19N3O2S. The van der Waals surface area contributed by atoms with Gasteiger partial charge in [-0.05, 0) is 18.4 Å². The van der Waals surface area contributed by atoms with Crippen LogP contribution < -0.4 is 4.90 Å². The number of anilines is 1. The van der Waals surface area contributed by atoms with Gasteiger partial charge in [-0.2, -0.15) is 0 Å². The number of carbonyl (C=O) groups is 1. The normalized spacial score (nSPS) is 11.2. The molecule has 0 aliphatic rings. The maximum Gasteiger partial charge on any atom is 0.323 e. The SMILES string of the molecule is CCc1cc2c(N(CC(=O)O)CC(C)C)ncnc2s1. The molecule has 0 saturated heterocycles. The van der Waals surface area contributed by atoms with Crippen LogP contribution in [0.2, 0.25) is 0 Å². The summed E-state index contributed by atoms with van der Waals surface area (Å²) >= 11 is 1.64. The van der Waals surface area contributed by atoms with Gasteiger partial charge in [0.15, 0.2) is 0 Å². The Balaban J connectivity index is 2.45. The van der Waals surface area contributed by atoms with Crippen LogP contribution in [0, 0.1) is 5.92 Å². The Bertz CT molecular complexity index is 609. The van der Waals surface area contributed by atoms with E-state index in [1.165, 1.54) is 11.2 Å². The minimum Gasteiger partial charge on any atom is -0.480 e. The highest BCUT2D eigenvalue weighted by Crippen LogP contribution is 2.30. The number of hydrogen-bond donors (Lipinski definition) is 1. The zero-order valence-electron chi connectivity index (χ0n) is 12.0. The van der Waals surface area contributed by atoms with E-state index in [9.17, 15) is 4.79 Å². The summed E-state index contributed by atoms with van der Waals surface area (Å²) in [6, 6.07) is 2.07. The number of carboxylic acid groups (broad SMARTS) is 1. The number of aryl methyl sites for hydroxylation is 1. The van der Waals surface area contributed by atoms with Gasteiger partial charge < -0.3 is 10.0 Å². The van der Waals surface area contributed by atoms with E-state index in [0.29, 0.717) is 12.5 Å². The fourth-order valence-electron chi connectivity index (χ4n) is 2.15. The molecule has 5 nitrogen and oxygen atoms in total. The summed E-state index contributed by atoms with van der Waals surface area (Å²) in [5.74, 6) is 0.244. The summed E-state index contributed by atoms with van der Waals surface area (Å²) < 4.78 is 0. The van der Waals surface area contributed by atoms with Crippen molar-refractivity contribution in [1.82, 2.24) is 9.97 Å². The lowest BCUT2D eigenvalue weighted by Crippen LogP contribution is -2.33. The van der Waals surface area contributed by atoms with Crippen molar-refractivity contribution < 1.29 is 9.90 Å². The third kappa shape index (κ3) is 3.25. The summed E-state index contributed by atoms with van der Waals surface area (Å²) in [6.45, 7) is 6.86. The second-order valence-corrected chi connectivity index (χ2v) is 6.27. The molecule has 2 rings (SSSR count). The summed E-state index contributed by atoms with van der Waals surface area (Å²) in [4.78, 5) is 23.7. The molecule has 0 atom stereocenters. The average molecular weight is 293 g/mol. The largest absolute Gasteiger partial charge is 0.480 e. The Labute approximate surface area is 122 Å². The first-order valence-electron chi connectivity index (χ1n) is 6.71. The van der Waals surface area contributed by atoms with Crippen LogP contribution in [0.1, 0.15) is 25.6 Å².